The summed E-state index contributed by atoms with van der Waals surface area (Å²) in [5, 5.41) is 2.80. The minimum Gasteiger partial charge on any atom is -0.427 e. The number of anilines is 1. The largest absolute Gasteiger partial charge is 0.427 e. The standard InChI is InChI=1S/C15H14BrNO3/c1-8-4-5-11(7-12(8)16)17-15(19)14-9(2)6-13(18)20-10(14)3/h4-7H,1-3H3,(H,17,19). The first-order chi connectivity index (χ1) is 9.38. The summed E-state index contributed by atoms with van der Waals surface area (Å²) in [5.41, 5.74) is 2.30. The minimum absolute atomic E-state index is 0.292. The average molecular weight is 336 g/mol. The van der Waals surface area contributed by atoms with Crippen LogP contribution in [0.2, 0.25) is 0 Å². The van der Waals surface area contributed by atoms with E-state index in [1.165, 1.54) is 6.07 Å². The summed E-state index contributed by atoms with van der Waals surface area (Å²) in [6, 6.07) is 6.87. The van der Waals surface area contributed by atoms with Crippen LogP contribution in [0.4, 0.5) is 5.69 Å². The zero-order chi connectivity index (χ0) is 14.9. The number of aryl methyl sites for hydroxylation is 3. The number of carbonyl (C=O) groups excluding carboxylic acids is 1. The molecule has 2 aromatic rings. The van der Waals surface area contributed by atoms with E-state index in [-0.39, 0.29) is 5.91 Å². The van der Waals surface area contributed by atoms with Crippen molar-refractivity contribution < 1.29 is 9.21 Å². The molecule has 1 amide bonds. The lowest BCUT2D eigenvalue weighted by molar-refractivity contribution is 0.102. The van der Waals surface area contributed by atoms with Gasteiger partial charge < -0.3 is 9.73 Å². The van der Waals surface area contributed by atoms with Crippen molar-refractivity contribution in [1.29, 1.82) is 0 Å². The fourth-order valence-electron chi connectivity index (χ4n) is 1.96. The predicted octanol–water partition coefficient (Wildman–Crippen LogP) is 3.58. The van der Waals surface area contributed by atoms with Gasteiger partial charge >= 0.3 is 5.63 Å². The van der Waals surface area contributed by atoms with Crippen LogP contribution in [0.5, 0.6) is 0 Å². The van der Waals surface area contributed by atoms with Crippen LogP contribution >= 0.6 is 15.9 Å². The molecule has 5 heteroatoms. The second kappa shape index (κ2) is 5.63. The first kappa shape index (κ1) is 14.5. The summed E-state index contributed by atoms with van der Waals surface area (Å²) in [4.78, 5) is 23.5. The first-order valence-electron chi connectivity index (χ1n) is 6.07. The van der Waals surface area contributed by atoms with E-state index in [2.05, 4.69) is 21.2 Å². The molecule has 0 fully saturated rings. The van der Waals surface area contributed by atoms with Crippen LogP contribution in [0.3, 0.4) is 0 Å². The van der Waals surface area contributed by atoms with Crippen LogP contribution in [0, 0.1) is 20.8 Å². The van der Waals surface area contributed by atoms with Gasteiger partial charge in [-0.25, -0.2) is 4.79 Å². The third kappa shape index (κ3) is 2.99. The lowest BCUT2D eigenvalue weighted by Gasteiger charge is -2.10. The molecule has 2 rings (SSSR count). The van der Waals surface area contributed by atoms with E-state index in [4.69, 9.17) is 4.42 Å². The summed E-state index contributed by atoms with van der Waals surface area (Å²) in [5.74, 6) is 0.0261. The van der Waals surface area contributed by atoms with E-state index in [1.807, 2.05) is 25.1 Å². The zero-order valence-electron chi connectivity index (χ0n) is 11.4. The Balaban J connectivity index is 2.33. The van der Waals surface area contributed by atoms with E-state index in [0.29, 0.717) is 22.6 Å². The highest BCUT2D eigenvalue weighted by molar-refractivity contribution is 9.10. The number of nitrogens with one attached hydrogen (secondary N) is 1. The van der Waals surface area contributed by atoms with Gasteiger partial charge in [-0.3, -0.25) is 4.79 Å². The molecule has 104 valence electrons. The Bertz CT molecular complexity index is 708. The molecule has 0 spiro atoms. The normalized spacial score (nSPS) is 10.4. The van der Waals surface area contributed by atoms with Crippen molar-refractivity contribution in [3.05, 3.63) is 61.6 Å². The Kier molecular flexibility index (Phi) is 4.09. The van der Waals surface area contributed by atoms with Crippen molar-refractivity contribution in [3.8, 4) is 0 Å². The van der Waals surface area contributed by atoms with E-state index in [9.17, 15) is 9.59 Å². The van der Waals surface area contributed by atoms with E-state index in [0.717, 1.165) is 10.0 Å². The van der Waals surface area contributed by atoms with Crippen LogP contribution < -0.4 is 10.9 Å². The molecule has 4 nitrogen and oxygen atoms in total. The summed E-state index contributed by atoms with van der Waals surface area (Å²) in [7, 11) is 0. The first-order valence-corrected chi connectivity index (χ1v) is 6.86. The fraction of sp³-hybridized carbons (Fsp3) is 0.200. The van der Waals surface area contributed by atoms with Crippen LogP contribution in [0.15, 0.2) is 37.9 Å². The molecule has 1 N–H and O–H groups in total. The lowest BCUT2D eigenvalue weighted by Crippen LogP contribution is -2.17. The number of hydrogen-bond donors (Lipinski definition) is 1. The summed E-state index contributed by atoms with van der Waals surface area (Å²) >= 11 is 3.42. The van der Waals surface area contributed by atoms with Crippen molar-refractivity contribution in [2.24, 2.45) is 0 Å². The van der Waals surface area contributed by atoms with Crippen molar-refractivity contribution >= 4 is 27.5 Å². The molecular formula is C15H14BrNO3. The van der Waals surface area contributed by atoms with Crippen LogP contribution in [-0.4, -0.2) is 5.91 Å². The second-order valence-electron chi connectivity index (χ2n) is 4.60. The number of hydrogen-bond acceptors (Lipinski definition) is 3. The highest BCUT2D eigenvalue weighted by Gasteiger charge is 2.15. The third-order valence-electron chi connectivity index (χ3n) is 2.99. The Hall–Kier alpha value is -1.88. The smallest absolute Gasteiger partial charge is 0.336 e. The van der Waals surface area contributed by atoms with Gasteiger partial charge in [0.05, 0.1) is 5.56 Å². The molecule has 1 heterocycles. The van der Waals surface area contributed by atoms with Crippen molar-refractivity contribution in [2.75, 3.05) is 5.32 Å². The molecule has 0 saturated carbocycles. The molecule has 1 aromatic heterocycles. The average Bonchev–Trinajstić information content (AvgIpc) is 2.32. The van der Waals surface area contributed by atoms with Crippen LogP contribution in [-0.2, 0) is 0 Å². The Morgan fingerprint density at radius 3 is 2.45 bits per heavy atom. The maximum atomic E-state index is 12.3. The van der Waals surface area contributed by atoms with Gasteiger partial charge in [-0.15, -0.1) is 0 Å². The third-order valence-corrected chi connectivity index (χ3v) is 3.85. The van der Waals surface area contributed by atoms with Gasteiger partial charge in [0.25, 0.3) is 5.91 Å². The Labute approximate surface area is 124 Å². The molecule has 0 unspecified atom stereocenters. The van der Waals surface area contributed by atoms with Gasteiger partial charge in [-0.05, 0) is 44.0 Å². The lowest BCUT2D eigenvalue weighted by atomic mass is 10.1. The molecule has 20 heavy (non-hydrogen) atoms. The quantitative estimate of drug-likeness (QED) is 0.912. The van der Waals surface area contributed by atoms with Gasteiger partial charge in [0.2, 0.25) is 0 Å². The molecule has 0 atom stereocenters. The van der Waals surface area contributed by atoms with Crippen molar-refractivity contribution in [1.82, 2.24) is 0 Å². The summed E-state index contributed by atoms with van der Waals surface area (Å²) in [6.07, 6.45) is 0. The number of benzene rings is 1. The highest BCUT2D eigenvalue weighted by Crippen LogP contribution is 2.21. The monoisotopic (exact) mass is 335 g/mol. The van der Waals surface area contributed by atoms with Crippen LogP contribution in [0.1, 0.15) is 27.2 Å². The maximum Gasteiger partial charge on any atom is 0.336 e. The number of rotatable bonds is 2. The molecule has 1 aromatic carbocycles. The minimum atomic E-state index is -0.449. The molecule has 0 bridgehead atoms. The van der Waals surface area contributed by atoms with E-state index >= 15 is 0 Å². The molecular weight excluding hydrogens is 322 g/mol. The second-order valence-corrected chi connectivity index (χ2v) is 5.45. The summed E-state index contributed by atoms with van der Waals surface area (Å²) < 4.78 is 5.88. The molecule has 0 aliphatic carbocycles. The zero-order valence-corrected chi connectivity index (χ0v) is 13.0. The van der Waals surface area contributed by atoms with Crippen molar-refractivity contribution in [2.45, 2.75) is 20.8 Å². The number of carbonyl (C=O) groups is 1. The summed E-state index contributed by atoms with van der Waals surface area (Å²) in [6.45, 7) is 5.29. The fourth-order valence-corrected chi connectivity index (χ4v) is 2.34. The van der Waals surface area contributed by atoms with Gasteiger partial charge in [0, 0.05) is 16.2 Å². The van der Waals surface area contributed by atoms with Gasteiger partial charge in [-0.1, -0.05) is 22.0 Å². The van der Waals surface area contributed by atoms with Gasteiger partial charge in [-0.2, -0.15) is 0 Å². The van der Waals surface area contributed by atoms with Crippen LogP contribution in [0.25, 0.3) is 0 Å². The topological polar surface area (TPSA) is 59.3 Å². The SMILES string of the molecule is Cc1ccc(NC(=O)c2c(C)cc(=O)oc2C)cc1Br. The number of halogens is 1. The molecule has 0 aliphatic rings. The maximum absolute atomic E-state index is 12.3. The molecule has 0 saturated heterocycles. The Morgan fingerprint density at radius 1 is 1.15 bits per heavy atom. The van der Waals surface area contributed by atoms with E-state index in [1.54, 1.807) is 13.8 Å². The Morgan fingerprint density at radius 2 is 1.85 bits per heavy atom. The van der Waals surface area contributed by atoms with E-state index < -0.39 is 5.63 Å². The number of amides is 1. The highest BCUT2D eigenvalue weighted by atomic mass is 79.9. The molecule has 0 radical (unpaired) electrons. The van der Waals surface area contributed by atoms with Gasteiger partial charge in [0.15, 0.2) is 0 Å². The predicted molar refractivity (Wildman–Crippen MR) is 81.3 cm³/mol. The molecule has 0 aliphatic heterocycles. The van der Waals surface area contributed by atoms with Crippen molar-refractivity contribution in [3.63, 3.8) is 0 Å². The van der Waals surface area contributed by atoms with Gasteiger partial charge in [0.1, 0.15) is 5.76 Å².